The molecule has 1 aliphatic heterocycles. The summed E-state index contributed by atoms with van der Waals surface area (Å²) in [7, 11) is 1.58. The van der Waals surface area contributed by atoms with E-state index in [1.807, 2.05) is 11.8 Å². The highest BCUT2D eigenvalue weighted by Crippen LogP contribution is 2.10. The van der Waals surface area contributed by atoms with Gasteiger partial charge in [-0.1, -0.05) is 0 Å². The fourth-order valence-corrected chi connectivity index (χ4v) is 2.08. The molecule has 1 aliphatic rings. The number of hydrogen-bond acceptors (Lipinski definition) is 5. The van der Waals surface area contributed by atoms with Crippen LogP contribution in [0.15, 0.2) is 0 Å². The van der Waals surface area contributed by atoms with Crippen molar-refractivity contribution >= 4 is 11.9 Å². The summed E-state index contributed by atoms with van der Waals surface area (Å²) in [4.78, 5) is 24.4. The number of morpholine rings is 1. The third kappa shape index (κ3) is 6.00. The van der Waals surface area contributed by atoms with Crippen LogP contribution >= 0.6 is 0 Å². The molecule has 2 N–H and O–H groups in total. The molecule has 1 heterocycles. The van der Waals surface area contributed by atoms with Gasteiger partial charge in [-0.25, -0.2) is 0 Å². The van der Waals surface area contributed by atoms with Gasteiger partial charge in [0.15, 0.2) is 0 Å². The number of carboxylic acids is 1. The lowest BCUT2D eigenvalue weighted by atomic mass is 10.1. The fraction of sp³-hybridized carbons (Fsp3) is 0.833. The number of nitrogens with one attached hydrogen (secondary N) is 1. The smallest absolute Gasteiger partial charge is 0.305 e. The van der Waals surface area contributed by atoms with Gasteiger partial charge in [-0.15, -0.1) is 0 Å². The Morgan fingerprint density at radius 2 is 2.32 bits per heavy atom. The highest BCUT2D eigenvalue weighted by atomic mass is 16.5. The number of carboxylic acid groups (broad SMARTS) is 1. The molecule has 0 aliphatic carbocycles. The van der Waals surface area contributed by atoms with Crippen molar-refractivity contribution in [3.8, 4) is 0 Å². The first-order chi connectivity index (χ1) is 9.02. The molecule has 7 heteroatoms. The van der Waals surface area contributed by atoms with Gasteiger partial charge in [-0.3, -0.25) is 14.5 Å². The summed E-state index contributed by atoms with van der Waals surface area (Å²) in [6.07, 6.45) is -0.0130. The van der Waals surface area contributed by atoms with Gasteiger partial charge >= 0.3 is 5.97 Å². The Balaban J connectivity index is 2.43. The molecule has 19 heavy (non-hydrogen) atoms. The summed E-state index contributed by atoms with van der Waals surface area (Å²) in [5.74, 6) is -1.00. The van der Waals surface area contributed by atoms with Crippen molar-refractivity contribution < 1.29 is 24.2 Å². The van der Waals surface area contributed by atoms with E-state index < -0.39 is 5.97 Å². The van der Waals surface area contributed by atoms with E-state index in [-0.39, 0.29) is 31.0 Å². The minimum atomic E-state index is -0.881. The van der Waals surface area contributed by atoms with Crippen molar-refractivity contribution in [1.29, 1.82) is 0 Å². The molecule has 1 saturated heterocycles. The van der Waals surface area contributed by atoms with E-state index >= 15 is 0 Å². The van der Waals surface area contributed by atoms with E-state index in [0.717, 1.165) is 0 Å². The molecular formula is C12H22N2O5. The molecule has 0 aromatic carbocycles. The Bertz CT molecular complexity index is 310. The van der Waals surface area contributed by atoms with Crippen LogP contribution in [0.3, 0.4) is 0 Å². The molecule has 110 valence electrons. The molecule has 7 nitrogen and oxygen atoms in total. The second-order valence-corrected chi connectivity index (χ2v) is 4.72. The van der Waals surface area contributed by atoms with Crippen LogP contribution < -0.4 is 5.32 Å². The standard InChI is InChI=1S/C12H22N2O5/c1-9(7-18-2)13-11(15)6-14-3-4-19-8-10(14)5-12(16)17/h9-10H,3-8H2,1-2H3,(H,13,15)(H,16,17). The van der Waals surface area contributed by atoms with Crippen LogP contribution in [0.25, 0.3) is 0 Å². The molecule has 0 radical (unpaired) electrons. The number of ether oxygens (including phenoxy) is 2. The quantitative estimate of drug-likeness (QED) is 0.639. The maximum Gasteiger partial charge on any atom is 0.305 e. The second kappa shape index (κ2) is 8.08. The first-order valence-electron chi connectivity index (χ1n) is 6.34. The van der Waals surface area contributed by atoms with Gasteiger partial charge in [-0.2, -0.15) is 0 Å². The first-order valence-corrected chi connectivity index (χ1v) is 6.34. The molecular weight excluding hydrogens is 252 g/mol. The maximum absolute atomic E-state index is 11.8. The van der Waals surface area contributed by atoms with Crippen molar-refractivity contribution in [2.45, 2.75) is 25.4 Å². The highest BCUT2D eigenvalue weighted by Gasteiger charge is 2.27. The van der Waals surface area contributed by atoms with E-state index in [1.165, 1.54) is 0 Å². The zero-order valence-electron chi connectivity index (χ0n) is 11.4. The maximum atomic E-state index is 11.8. The third-order valence-electron chi connectivity index (χ3n) is 2.93. The number of rotatable bonds is 7. The van der Waals surface area contributed by atoms with Crippen molar-refractivity contribution in [1.82, 2.24) is 10.2 Å². The van der Waals surface area contributed by atoms with Gasteiger partial charge in [0, 0.05) is 25.7 Å². The molecule has 0 aromatic heterocycles. The average molecular weight is 274 g/mol. The molecule has 0 bridgehead atoms. The molecule has 2 unspecified atom stereocenters. The topological polar surface area (TPSA) is 88.1 Å². The highest BCUT2D eigenvalue weighted by molar-refractivity contribution is 5.78. The largest absolute Gasteiger partial charge is 0.481 e. The summed E-state index contributed by atoms with van der Waals surface area (Å²) < 4.78 is 10.2. The second-order valence-electron chi connectivity index (χ2n) is 4.72. The van der Waals surface area contributed by atoms with Gasteiger partial charge < -0.3 is 19.9 Å². The van der Waals surface area contributed by atoms with Crippen LogP contribution in [0.1, 0.15) is 13.3 Å². The minimum Gasteiger partial charge on any atom is -0.481 e. The number of amides is 1. The Morgan fingerprint density at radius 1 is 1.58 bits per heavy atom. The predicted molar refractivity (Wildman–Crippen MR) is 67.9 cm³/mol. The number of methoxy groups -OCH3 is 1. The molecule has 0 aromatic rings. The molecule has 1 amide bonds. The Morgan fingerprint density at radius 3 is 2.95 bits per heavy atom. The van der Waals surface area contributed by atoms with Gasteiger partial charge in [-0.05, 0) is 6.92 Å². The van der Waals surface area contributed by atoms with E-state index in [4.69, 9.17) is 14.6 Å². The van der Waals surface area contributed by atoms with Gasteiger partial charge in [0.25, 0.3) is 0 Å². The Hall–Kier alpha value is -1.18. The van der Waals surface area contributed by atoms with Crippen LogP contribution in [0.5, 0.6) is 0 Å². The number of carbonyl (C=O) groups excluding carboxylic acids is 1. The summed E-state index contributed by atoms with van der Waals surface area (Å²) >= 11 is 0. The lowest BCUT2D eigenvalue weighted by Crippen LogP contribution is -2.51. The minimum absolute atomic E-state index is 0.0130. The lowest BCUT2D eigenvalue weighted by molar-refractivity contribution is -0.141. The molecule has 1 rings (SSSR count). The molecule has 2 atom stereocenters. The number of hydrogen-bond donors (Lipinski definition) is 2. The summed E-state index contributed by atoms with van der Waals surface area (Å²) in [5.41, 5.74) is 0. The normalized spacial score (nSPS) is 21.9. The third-order valence-corrected chi connectivity index (χ3v) is 2.93. The van der Waals surface area contributed by atoms with Crippen molar-refractivity contribution in [2.75, 3.05) is 40.0 Å². The Labute approximate surface area is 112 Å². The zero-order valence-corrected chi connectivity index (χ0v) is 11.4. The average Bonchev–Trinajstić information content (AvgIpc) is 2.31. The van der Waals surface area contributed by atoms with Crippen LogP contribution in [0.4, 0.5) is 0 Å². The Kier molecular flexibility index (Phi) is 6.75. The molecule has 1 fully saturated rings. The number of aliphatic carboxylic acids is 1. The number of nitrogens with zero attached hydrogens (tertiary/aromatic N) is 1. The summed E-state index contributed by atoms with van der Waals surface area (Å²) in [5, 5.41) is 11.6. The number of carbonyl (C=O) groups is 2. The van der Waals surface area contributed by atoms with Crippen molar-refractivity contribution in [3.05, 3.63) is 0 Å². The molecule has 0 spiro atoms. The van der Waals surface area contributed by atoms with Crippen LogP contribution in [-0.4, -0.2) is 74.0 Å². The van der Waals surface area contributed by atoms with Crippen LogP contribution in [0, 0.1) is 0 Å². The first kappa shape index (κ1) is 15.9. The van der Waals surface area contributed by atoms with E-state index in [2.05, 4.69) is 5.32 Å². The van der Waals surface area contributed by atoms with E-state index in [1.54, 1.807) is 7.11 Å². The van der Waals surface area contributed by atoms with Crippen LogP contribution in [0.2, 0.25) is 0 Å². The SMILES string of the molecule is COCC(C)NC(=O)CN1CCOCC1CC(=O)O. The monoisotopic (exact) mass is 274 g/mol. The zero-order chi connectivity index (χ0) is 14.3. The van der Waals surface area contributed by atoms with Crippen LogP contribution in [-0.2, 0) is 19.1 Å². The van der Waals surface area contributed by atoms with Crippen molar-refractivity contribution in [3.63, 3.8) is 0 Å². The lowest BCUT2D eigenvalue weighted by Gasteiger charge is -2.34. The van der Waals surface area contributed by atoms with Gasteiger partial charge in [0.1, 0.15) is 0 Å². The molecule has 0 saturated carbocycles. The van der Waals surface area contributed by atoms with Gasteiger partial charge in [0.05, 0.1) is 32.8 Å². The van der Waals surface area contributed by atoms with E-state index in [9.17, 15) is 9.59 Å². The van der Waals surface area contributed by atoms with E-state index in [0.29, 0.717) is 26.4 Å². The van der Waals surface area contributed by atoms with Gasteiger partial charge in [0.2, 0.25) is 5.91 Å². The fourth-order valence-electron chi connectivity index (χ4n) is 2.08. The predicted octanol–water partition coefficient (Wildman–Crippen LogP) is -0.687. The summed E-state index contributed by atoms with van der Waals surface area (Å²) in [6.45, 7) is 3.95. The summed E-state index contributed by atoms with van der Waals surface area (Å²) in [6, 6.07) is -0.300. The van der Waals surface area contributed by atoms with Crippen molar-refractivity contribution in [2.24, 2.45) is 0 Å².